The first-order valence-electron chi connectivity index (χ1n) is 6.98. The van der Waals surface area contributed by atoms with Gasteiger partial charge in [0.2, 0.25) is 0 Å². The lowest BCUT2D eigenvalue weighted by Crippen LogP contribution is -2.14. The first-order chi connectivity index (χ1) is 12.1. The van der Waals surface area contributed by atoms with Crippen LogP contribution in [0.4, 0.5) is 24.5 Å². The number of amides is 1. The quantitative estimate of drug-likeness (QED) is 0.505. The molecule has 7 nitrogen and oxygen atoms in total. The summed E-state index contributed by atoms with van der Waals surface area (Å²) in [5, 5.41) is 13.2. The molecule has 0 atom stereocenters. The second-order valence-electron chi connectivity index (χ2n) is 5.05. The number of anilines is 1. The van der Waals surface area contributed by atoms with Gasteiger partial charge >= 0.3 is 12.1 Å². The van der Waals surface area contributed by atoms with E-state index in [1.807, 2.05) is 0 Å². The third-order valence-electron chi connectivity index (χ3n) is 3.26. The van der Waals surface area contributed by atoms with Crippen LogP contribution in [0.3, 0.4) is 0 Å². The lowest BCUT2D eigenvalue weighted by atomic mass is 10.1. The third-order valence-corrected chi connectivity index (χ3v) is 3.26. The van der Waals surface area contributed by atoms with E-state index in [4.69, 9.17) is 0 Å². The molecule has 0 bridgehead atoms. The van der Waals surface area contributed by atoms with Crippen molar-refractivity contribution in [1.82, 2.24) is 0 Å². The molecule has 0 saturated heterocycles. The molecule has 0 heterocycles. The van der Waals surface area contributed by atoms with Crippen molar-refractivity contribution in [3.05, 3.63) is 69.3 Å². The van der Waals surface area contributed by atoms with Crippen LogP contribution in [0.1, 0.15) is 26.3 Å². The van der Waals surface area contributed by atoms with E-state index in [0.29, 0.717) is 0 Å². The summed E-state index contributed by atoms with van der Waals surface area (Å²) in [5.74, 6) is -1.82. The Morgan fingerprint density at radius 1 is 1.12 bits per heavy atom. The Morgan fingerprint density at radius 3 is 2.35 bits per heavy atom. The van der Waals surface area contributed by atoms with Crippen LogP contribution in [0.2, 0.25) is 0 Å². The first kappa shape index (κ1) is 18.9. The number of halogens is 3. The molecule has 0 fully saturated rings. The molecule has 0 aliphatic heterocycles. The molecule has 0 saturated carbocycles. The smallest absolute Gasteiger partial charge is 0.416 e. The van der Waals surface area contributed by atoms with Crippen LogP contribution in [0.5, 0.6) is 0 Å². The second-order valence-corrected chi connectivity index (χ2v) is 5.05. The van der Waals surface area contributed by atoms with Crippen molar-refractivity contribution >= 4 is 23.3 Å². The molecule has 0 aromatic heterocycles. The molecule has 2 rings (SSSR count). The van der Waals surface area contributed by atoms with Gasteiger partial charge in [-0.05, 0) is 24.3 Å². The highest BCUT2D eigenvalue weighted by atomic mass is 19.4. The fourth-order valence-corrected chi connectivity index (χ4v) is 2.06. The van der Waals surface area contributed by atoms with E-state index in [0.717, 1.165) is 43.5 Å². The van der Waals surface area contributed by atoms with Gasteiger partial charge < -0.3 is 10.1 Å². The van der Waals surface area contributed by atoms with Crippen molar-refractivity contribution in [3.63, 3.8) is 0 Å². The Balaban J connectivity index is 2.36. The van der Waals surface area contributed by atoms with Crippen LogP contribution >= 0.6 is 0 Å². The number of nitrogens with zero attached hydrogens (tertiary/aromatic N) is 1. The molecule has 136 valence electrons. The Kier molecular flexibility index (Phi) is 5.24. The molecule has 2 aromatic carbocycles. The van der Waals surface area contributed by atoms with Gasteiger partial charge in [0.1, 0.15) is 0 Å². The molecule has 2 aromatic rings. The van der Waals surface area contributed by atoms with Crippen molar-refractivity contribution in [3.8, 4) is 0 Å². The molecule has 0 aliphatic carbocycles. The summed E-state index contributed by atoms with van der Waals surface area (Å²) >= 11 is 0. The van der Waals surface area contributed by atoms with Gasteiger partial charge in [-0.25, -0.2) is 4.79 Å². The zero-order chi connectivity index (χ0) is 19.5. The summed E-state index contributed by atoms with van der Waals surface area (Å²) in [6.45, 7) is 0. The summed E-state index contributed by atoms with van der Waals surface area (Å²) in [5.41, 5.74) is -2.18. The van der Waals surface area contributed by atoms with Gasteiger partial charge in [0.15, 0.2) is 0 Å². The minimum absolute atomic E-state index is 0.157. The molecule has 0 unspecified atom stereocenters. The number of rotatable bonds is 4. The average Bonchev–Trinajstić information content (AvgIpc) is 2.60. The van der Waals surface area contributed by atoms with E-state index in [9.17, 15) is 32.9 Å². The summed E-state index contributed by atoms with van der Waals surface area (Å²) in [4.78, 5) is 34.0. The Bertz CT molecular complexity index is 880. The minimum Gasteiger partial charge on any atom is -0.465 e. The van der Waals surface area contributed by atoms with Crippen molar-refractivity contribution in [1.29, 1.82) is 0 Å². The highest BCUT2D eigenvalue weighted by Crippen LogP contribution is 2.30. The van der Waals surface area contributed by atoms with Gasteiger partial charge in [-0.2, -0.15) is 13.2 Å². The molecule has 10 heteroatoms. The fourth-order valence-electron chi connectivity index (χ4n) is 2.06. The van der Waals surface area contributed by atoms with Crippen molar-refractivity contribution < 1.29 is 32.4 Å². The summed E-state index contributed by atoms with van der Waals surface area (Å²) in [6, 6.07) is 6.75. The number of carbonyl (C=O) groups excluding carboxylic acids is 2. The normalized spacial score (nSPS) is 10.9. The van der Waals surface area contributed by atoms with E-state index < -0.39 is 34.2 Å². The minimum atomic E-state index is -4.59. The number of alkyl halides is 3. The number of nitro benzene ring substituents is 1. The molecule has 26 heavy (non-hydrogen) atoms. The molecular formula is C16H11F3N2O5. The standard InChI is InChI=1S/C16H11F3N2O5/c1-26-15(23)10-5-9(6-13(7-10)21(24)25)14(22)20-12-4-2-3-11(8-12)16(17,18)19/h2-8H,1H3,(H,20,22). The lowest BCUT2D eigenvalue weighted by molar-refractivity contribution is -0.384. The molecule has 1 N–H and O–H groups in total. The summed E-state index contributed by atoms with van der Waals surface area (Å²) in [7, 11) is 1.06. The van der Waals surface area contributed by atoms with Crippen molar-refractivity contribution in [2.24, 2.45) is 0 Å². The van der Waals surface area contributed by atoms with Gasteiger partial charge in [0, 0.05) is 23.4 Å². The number of carbonyl (C=O) groups is 2. The molecule has 0 spiro atoms. The van der Waals surface area contributed by atoms with Crippen LogP contribution in [-0.4, -0.2) is 23.9 Å². The zero-order valence-corrected chi connectivity index (χ0v) is 13.2. The molecule has 0 radical (unpaired) electrons. The predicted molar refractivity (Wildman–Crippen MR) is 83.8 cm³/mol. The Hall–Kier alpha value is -3.43. The van der Waals surface area contributed by atoms with E-state index >= 15 is 0 Å². The second kappa shape index (κ2) is 7.21. The number of hydrogen-bond donors (Lipinski definition) is 1. The van der Waals surface area contributed by atoms with Crippen LogP contribution in [0.15, 0.2) is 42.5 Å². The van der Waals surface area contributed by atoms with Crippen LogP contribution < -0.4 is 5.32 Å². The number of non-ortho nitro benzene ring substituents is 1. The van der Waals surface area contributed by atoms with Gasteiger partial charge in [-0.3, -0.25) is 14.9 Å². The maximum absolute atomic E-state index is 12.7. The van der Waals surface area contributed by atoms with Gasteiger partial charge in [0.05, 0.1) is 23.2 Å². The van der Waals surface area contributed by atoms with Crippen LogP contribution in [-0.2, 0) is 10.9 Å². The number of hydrogen-bond acceptors (Lipinski definition) is 5. The molecule has 1 amide bonds. The predicted octanol–water partition coefficient (Wildman–Crippen LogP) is 3.65. The lowest BCUT2D eigenvalue weighted by Gasteiger charge is -2.10. The summed E-state index contributed by atoms with van der Waals surface area (Å²) < 4.78 is 42.6. The van der Waals surface area contributed by atoms with Gasteiger partial charge in [-0.15, -0.1) is 0 Å². The van der Waals surface area contributed by atoms with Gasteiger partial charge in [-0.1, -0.05) is 6.07 Å². The van der Waals surface area contributed by atoms with Gasteiger partial charge in [0.25, 0.3) is 11.6 Å². The first-order valence-corrected chi connectivity index (χ1v) is 6.98. The highest BCUT2D eigenvalue weighted by molar-refractivity contribution is 6.06. The number of benzene rings is 2. The number of methoxy groups -OCH3 is 1. The average molecular weight is 368 g/mol. The van der Waals surface area contributed by atoms with E-state index in [1.54, 1.807) is 0 Å². The molecule has 0 aliphatic rings. The Labute approximate surface area is 144 Å². The maximum atomic E-state index is 12.7. The van der Waals surface area contributed by atoms with E-state index in [2.05, 4.69) is 10.1 Å². The van der Waals surface area contributed by atoms with Crippen LogP contribution in [0.25, 0.3) is 0 Å². The largest absolute Gasteiger partial charge is 0.465 e. The van der Waals surface area contributed by atoms with E-state index in [-0.39, 0.29) is 16.8 Å². The van der Waals surface area contributed by atoms with Crippen LogP contribution in [0, 0.1) is 10.1 Å². The monoisotopic (exact) mass is 368 g/mol. The SMILES string of the molecule is COC(=O)c1cc(C(=O)Nc2cccc(C(F)(F)F)c2)cc([N+](=O)[O-])c1. The topological polar surface area (TPSA) is 98.5 Å². The molecular weight excluding hydrogens is 357 g/mol. The Morgan fingerprint density at radius 2 is 1.77 bits per heavy atom. The third kappa shape index (κ3) is 4.35. The maximum Gasteiger partial charge on any atom is 0.416 e. The summed E-state index contributed by atoms with van der Waals surface area (Å²) in [6.07, 6.45) is -4.59. The van der Waals surface area contributed by atoms with Crippen molar-refractivity contribution in [2.75, 3.05) is 12.4 Å². The van der Waals surface area contributed by atoms with E-state index in [1.165, 1.54) is 6.07 Å². The number of nitro groups is 1. The number of ether oxygens (including phenoxy) is 1. The number of esters is 1. The fraction of sp³-hybridized carbons (Fsp3) is 0.125. The zero-order valence-electron chi connectivity index (χ0n) is 13.2. The van der Waals surface area contributed by atoms with Crippen molar-refractivity contribution in [2.45, 2.75) is 6.18 Å². The highest BCUT2D eigenvalue weighted by Gasteiger charge is 2.30. The number of nitrogens with one attached hydrogen (secondary N) is 1.